The van der Waals surface area contributed by atoms with Crippen LogP contribution >= 0.6 is 11.6 Å². The van der Waals surface area contributed by atoms with Gasteiger partial charge in [0.2, 0.25) is 0 Å². The Morgan fingerprint density at radius 2 is 1.85 bits per heavy atom. The molecule has 3 nitrogen and oxygen atoms in total. The highest BCUT2D eigenvalue weighted by Gasteiger charge is 2.14. The second-order valence-electron chi connectivity index (χ2n) is 4.88. The lowest BCUT2D eigenvalue weighted by Crippen LogP contribution is -2.27. The molecule has 0 aliphatic rings. The average Bonchev–Trinajstić information content (AvgIpc) is 2.40. The topological polar surface area (TPSA) is 46.3 Å². The minimum absolute atomic E-state index is 0.0857. The van der Waals surface area contributed by atoms with E-state index in [9.17, 15) is 4.79 Å². The molecule has 0 spiro atoms. The Labute approximate surface area is 124 Å². The summed E-state index contributed by atoms with van der Waals surface area (Å²) >= 11 is 5.85. The predicted molar refractivity (Wildman–Crippen MR) is 82.8 cm³/mol. The van der Waals surface area contributed by atoms with Crippen molar-refractivity contribution >= 4 is 23.2 Å². The van der Waals surface area contributed by atoms with Crippen LogP contribution in [0.25, 0.3) is 0 Å². The van der Waals surface area contributed by atoms with Crippen LogP contribution in [0.1, 0.15) is 21.5 Å². The maximum Gasteiger partial charge on any atom is 0.255 e. The lowest BCUT2D eigenvalue weighted by atomic mass is 10.1. The summed E-state index contributed by atoms with van der Waals surface area (Å²) in [5, 5.41) is 0.686. The Hall–Kier alpha value is -2.00. The normalized spacial score (nSPS) is 10.3. The van der Waals surface area contributed by atoms with E-state index in [4.69, 9.17) is 17.3 Å². The van der Waals surface area contributed by atoms with Crippen LogP contribution < -0.4 is 5.73 Å². The first-order chi connectivity index (χ1) is 9.47. The molecule has 0 bridgehead atoms. The molecule has 0 saturated heterocycles. The van der Waals surface area contributed by atoms with Crippen LogP contribution in [0.3, 0.4) is 0 Å². The van der Waals surface area contributed by atoms with E-state index in [1.807, 2.05) is 43.3 Å². The van der Waals surface area contributed by atoms with E-state index in [1.165, 1.54) is 0 Å². The number of rotatable bonds is 3. The van der Waals surface area contributed by atoms with Crippen molar-refractivity contribution in [3.63, 3.8) is 0 Å². The molecule has 0 radical (unpaired) electrons. The summed E-state index contributed by atoms with van der Waals surface area (Å²) in [5.41, 5.74) is 9.02. The summed E-state index contributed by atoms with van der Waals surface area (Å²) in [7, 11) is 1.76. The largest absolute Gasteiger partial charge is 0.398 e. The first-order valence-corrected chi connectivity index (χ1v) is 6.71. The molecular formula is C16H17ClN2O. The minimum Gasteiger partial charge on any atom is -0.398 e. The number of halogens is 1. The maximum atomic E-state index is 12.4. The molecule has 0 unspecified atom stereocenters. The van der Waals surface area contributed by atoms with Crippen molar-refractivity contribution in [3.05, 3.63) is 64.2 Å². The maximum absolute atomic E-state index is 12.4. The zero-order valence-corrected chi connectivity index (χ0v) is 12.3. The van der Waals surface area contributed by atoms with Crippen LogP contribution in [0, 0.1) is 6.92 Å². The Balaban J connectivity index is 2.14. The van der Waals surface area contributed by atoms with E-state index in [-0.39, 0.29) is 5.91 Å². The van der Waals surface area contributed by atoms with Crippen molar-refractivity contribution in [2.45, 2.75) is 13.5 Å². The van der Waals surface area contributed by atoms with Crippen LogP contribution in [0.2, 0.25) is 5.02 Å². The first-order valence-electron chi connectivity index (χ1n) is 6.33. The summed E-state index contributed by atoms with van der Waals surface area (Å²) in [6.45, 7) is 2.46. The highest BCUT2D eigenvalue weighted by Crippen LogP contribution is 2.17. The number of hydrogen-bond donors (Lipinski definition) is 1. The molecule has 0 heterocycles. The third-order valence-electron chi connectivity index (χ3n) is 3.12. The molecule has 4 heteroatoms. The second-order valence-corrected chi connectivity index (χ2v) is 5.31. The Kier molecular flexibility index (Phi) is 4.30. The summed E-state index contributed by atoms with van der Waals surface area (Å²) in [4.78, 5) is 14.0. The van der Waals surface area contributed by atoms with E-state index in [0.717, 1.165) is 11.1 Å². The van der Waals surface area contributed by atoms with E-state index >= 15 is 0 Å². The van der Waals surface area contributed by atoms with Crippen molar-refractivity contribution in [2.24, 2.45) is 0 Å². The molecule has 2 aromatic rings. The number of carbonyl (C=O) groups is 1. The van der Waals surface area contributed by atoms with Crippen LogP contribution in [-0.2, 0) is 6.54 Å². The molecule has 2 rings (SSSR count). The van der Waals surface area contributed by atoms with Gasteiger partial charge in [0.05, 0.1) is 5.56 Å². The lowest BCUT2D eigenvalue weighted by Gasteiger charge is -2.18. The third-order valence-corrected chi connectivity index (χ3v) is 3.37. The first kappa shape index (κ1) is 14.4. The number of carbonyl (C=O) groups excluding carboxylic acids is 1. The quantitative estimate of drug-likeness (QED) is 0.879. The second kappa shape index (κ2) is 5.97. The van der Waals surface area contributed by atoms with Gasteiger partial charge in [-0.25, -0.2) is 0 Å². The fourth-order valence-electron chi connectivity index (χ4n) is 2.02. The molecule has 0 aliphatic heterocycles. The molecule has 2 N–H and O–H groups in total. The van der Waals surface area contributed by atoms with Gasteiger partial charge >= 0.3 is 0 Å². The van der Waals surface area contributed by atoms with Gasteiger partial charge in [-0.1, -0.05) is 29.8 Å². The zero-order valence-electron chi connectivity index (χ0n) is 11.6. The number of benzene rings is 2. The summed E-state index contributed by atoms with van der Waals surface area (Å²) in [6, 6.07) is 12.9. The number of nitrogens with zero attached hydrogens (tertiary/aromatic N) is 1. The zero-order chi connectivity index (χ0) is 14.7. The van der Waals surface area contributed by atoms with Crippen LogP contribution in [0.5, 0.6) is 0 Å². The molecule has 104 valence electrons. The van der Waals surface area contributed by atoms with Gasteiger partial charge in [0, 0.05) is 24.3 Å². The predicted octanol–water partition coefficient (Wildman–Crippen LogP) is 3.50. The third kappa shape index (κ3) is 3.31. The minimum atomic E-state index is -0.0857. The molecule has 0 aliphatic carbocycles. The smallest absolute Gasteiger partial charge is 0.255 e. The highest BCUT2D eigenvalue weighted by atomic mass is 35.5. The van der Waals surface area contributed by atoms with E-state index in [2.05, 4.69) is 0 Å². The van der Waals surface area contributed by atoms with Crippen molar-refractivity contribution in [1.82, 2.24) is 4.90 Å². The number of nitrogen functional groups attached to an aromatic ring is 1. The van der Waals surface area contributed by atoms with E-state index < -0.39 is 0 Å². The SMILES string of the molecule is Cc1ccc(C(=O)N(C)Cc2ccc(Cl)cc2)c(N)c1. The fraction of sp³-hybridized carbons (Fsp3) is 0.188. The van der Waals surface area contributed by atoms with Gasteiger partial charge in [0.25, 0.3) is 5.91 Å². The number of aryl methyl sites for hydroxylation is 1. The molecule has 0 saturated carbocycles. The van der Waals surface area contributed by atoms with E-state index in [1.54, 1.807) is 18.0 Å². The van der Waals surface area contributed by atoms with Gasteiger partial charge in [-0.2, -0.15) is 0 Å². The van der Waals surface area contributed by atoms with Gasteiger partial charge < -0.3 is 10.6 Å². The van der Waals surface area contributed by atoms with Gasteiger partial charge in [-0.05, 0) is 42.3 Å². The number of anilines is 1. The summed E-state index contributed by atoms with van der Waals surface area (Å²) in [5.74, 6) is -0.0857. The van der Waals surface area contributed by atoms with Gasteiger partial charge in [0.1, 0.15) is 0 Å². The van der Waals surface area contributed by atoms with Gasteiger partial charge in [0.15, 0.2) is 0 Å². The van der Waals surface area contributed by atoms with Crippen LogP contribution in [0.4, 0.5) is 5.69 Å². The number of amides is 1. The van der Waals surface area contributed by atoms with Crippen LogP contribution in [0.15, 0.2) is 42.5 Å². The summed E-state index contributed by atoms with van der Waals surface area (Å²) < 4.78 is 0. The Morgan fingerprint density at radius 1 is 1.20 bits per heavy atom. The molecule has 20 heavy (non-hydrogen) atoms. The molecule has 0 fully saturated rings. The number of hydrogen-bond acceptors (Lipinski definition) is 2. The molecular weight excluding hydrogens is 272 g/mol. The van der Waals surface area contributed by atoms with E-state index in [0.29, 0.717) is 22.8 Å². The summed E-state index contributed by atoms with van der Waals surface area (Å²) in [6.07, 6.45) is 0. The van der Waals surface area contributed by atoms with Crippen LogP contribution in [-0.4, -0.2) is 17.9 Å². The van der Waals surface area contributed by atoms with Crippen molar-refractivity contribution in [1.29, 1.82) is 0 Å². The molecule has 2 aromatic carbocycles. The van der Waals surface area contributed by atoms with Gasteiger partial charge in [-0.15, -0.1) is 0 Å². The monoisotopic (exact) mass is 288 g/mol. The fourth-order valence-corrected chi connectivity index (χ4v) is 2.14. The van der Waals surface area contributed by atoms with Crippen molar-refractivity contribution in [3.8, 4) is 0 Å². The Morgan fingerprint density at radius 3 is 2.45 bits per heavy atom. The van der Waals surface area contributed by atoms with Crippen molar-refractivity contribution in [2.75, 3.05) is 12.8 Å². The Bertz CT molecular complexity index is 623. The average molecular weight is 289 g/mol. The standard InChI is InChI=1S/C16H17ClN2O/c1-11-3-8-14(15(18)9-11)16(20)19(2)10-12-4-6-13(17)7-5-12/h3-9H,10,18H2,1-2H3. The molecule has 0 atom stereocenters. The number of nitrogens with two attached hydrogens (primary N) is 1. The highest BCUT2D eigenvalue weighted by molar-refractivity contribution is 6.30. The van der Waals surface area contributed by atoms with Crippen molar-refractivity contribution < 1.29 is 4.79 Å². The van der Waals surface area contributed by atoms with Gasteiger partial charge in [-0.3, -0.25) is 4.79 Å². The lowest BCUT2D eigenvalue weighted by molar-refractivity contribution is 0.0786. The molecule has 1 amide bonds. The molecule has 0 aromatic heterocycles.